The van der Waals surface area contributed by atoms with Crippen LogP contribution in [0.25, 0.3) is 0 Å². The second-order valence-corrected chi connectivity index (χ2v) is 10.3. The Morgan fingerprint density at radius 3 is 2.13 bits per heavy atom. The van der Waals surface area contributed by atoms with Gasteiger partial charge in [0.1, 0.15) is 0 Å². The van der Waals surface area contributed by atoms with E-state index in [-0.39, 0.29) is 29.4 Å². The van der Waals surface area contributed by atoms with Crippen LogP contribution in [0.15, 0.2) is 48.5 Å². The molecule has 5 nitrogen and oxygen atoms in total. The van der Waals surface area contributed by atoms with Crippen molar-refractivity contribution in [2.24, 2.45) is 11.8 Å². The first kappa shape index (κ1) is 29.4. The zero-order chi connectivity index (χ0) is 28.4. The summed E-state index contributed by atoms with van der Waals surface area (Å²) >= 11 is 0. The fourth-order valence-electron chi connectivity index (χ4n) is 5.46. The van der Waals surface area contributed by atoms with Gasteiger partial charge in [0.15, 0.2) is 6.29 Å². The predicted octanol–water partition coefficient (Wildman–Crippen LogP) is 6.74. The Morgan fingerprint density at radius 2 is 1.59 bits per heavy atom. The van der Waals surface area contributed by atoms with Gasteiger partial charge < -0.3 is 19.5 Å². The van der Waals surface area contributed by atoms with Crippen molar-refractivity contribution in [3.63, 3.8) is 0 Å². The van der Waals surface area contributed by atoms with E-state index in [0.29, 0.717) is 57.6 Å². The molecule has 2 aromatic carbocycles. The smallest absolute Gasteiger partial charge is 0.416 e. The van der Waals surface area contributed by atoms with Gasteiger partial charge in [-0.3, -0.25) is 4.79 Å². The lowest BCUT2D eigenvalue weighted by Crippen LogP contribution is -2.45. The summed E-state index contributed by atoms with van der Waals surface area (Å²) in [6, 6.07) is 10.8. The van der Waals surface area contributed by atoms with Crippen LogP contribution in [0.5, 0.6) is 0 Å². The average molecular weight is 560 g/mol. The Labute approximate surface area is 222 Å². The molecular formula is C28H31F6NO4. The number of hydrogen-bond acceptors (Lipinski definition) is 4. The van der Waals surface area contributed by atoms with Crippen molar-refractivity contribution in [1.29, 1.82) is 0 Å². The summed E-state index contributed by atoms with van der Waals surface area (Å²) < 4.78 is 92.5. The molecule has 0 amide bonds. The maximum Gasteiger partial charge on any atom is 0.416 e. The van der Waals surface area contributed by atoms with Gasteiger partial charge >= 0.3 is 18.3 Å². The first-order chi connectivity index (χ1) is 18.3. The number of benzene rings is 2. The molecule has 2 aromatic rings. The van der Waals surface area contributed by atoms with Crippen molar-refractivity contribution in [3.8, 4) is 0 Å². The van der Waals surface area contributed by atoms with Gasteiger partial charge in [0, 0.05) is 12.5 Å². The largest absolute Gasteiger partial charge is 0.481 e. The highest BCUT2D eigenvalue weighted by molar-refractivity contribution is 5.70. The first-order valence-electron chi connectivity index (χ1n) is 12.9. The van der Waals surface area contributed by atoms with Crippen LogP contribution in [0.3, 0.4) is 0 Å². The van der Waals surface area contributed by atoms with E-state index in [9.17, 15) is 36.2 Å². The van der Waals surface area contributed by atoms with E-state index in [2.05, 4.69) is 4.90 Å². The van der Waals surface area contributed by atoms with E-state index in [0.717, 1.165) is 5.56 Å². The van der Waals surface area contributed by atoms with E-state index in [1.54, 1.807) is 0 Å². The second kappa shape index (κ2) is 11.9. The molecule has 39 heavy (non-hydrogen) atoms. The highest BCUT2D eigenvalue weighted by Crippen LogP contribution is 2.42. The normalized spacial score (nSPS) is 24.4. The van der Waals surface area contributed by atoms with Crippen LogP contribution in [0.4, 0.5) is 26.3 Å². The molecule has 2 aliphatic rings. The zero-order valence-corrected chi connectivity index (χ0v) is 21.3. The summed E-state index contributed by atoms with van der Waals surface area (Å²) in [5.41, 5.74) is -2.14. The molecule has 11 heteroatoms. The molecule has 0 aromatic heterocycles. The van der Waals surface area contributed by atoms with Crippen LogP contribution < -0.4 is 0 Å². The summed E-state index contributed by atoms with van der Waals surface area (Å²) in [6.07, 6.45) is -10.2. The molecule has 4 rings (SSSR count). The zero-order valence-electron chi connectivity index (χ0n) is 21.3. The Hall–Kier alpha value is -2.63. The summed E-state index contributed by atoms with van der Waals surface area (Å²) in [4.78, 5) is 13.5. The molecule has 4 atom stereocenters. The van der Waals surface area contributed by atoms with Crippen molar-refractivity contribution in [2.45, 2.75) is 56.9 Å². The Morgan fingerprint density at radius 1 is 1.00 bits per heavy atom. The summed E-state index contributed by atoms with van der Waals surface area (Å²) in [7, 11) is 0. The van der Waals surface area contributed by atoms with Gasteiger partial charge in [0.05, 0.1) is 29.8 Å². The Balaban J connectivity index is 1.57. The Bertz CT molecular complexity index is 1080. The number of aliphatic carboxylic acids is 1. The lowest BCUT2D eigenvalue weighted by molar-refractivity contribution is -0.210. The molecule has 2 saturated heterocycles. The number of carboxylic acid groups (broad SMARTS) is 1. The van der Waals surface area contributed by atoms with E-state index < -0.39 is 41.8 Å². The van der Waals surface area contributed by atoms with Gasteiger partial charge in [-0.2, -0.15) is 26.3 Å². The summed E-state index contributed by atoms with van der Waals surface area (Å²) in [5.74, 6) is -1.47. The number of piperidine rings is 1. The van der Waals surface area contributed by atoms with Gasteiger partial charge in [0.25, 0.3) is 0 Å². The third-order valence-electron chi connectivity index (χ3n) is 7.60. The minimum Gasteiger partial charge on any atom is -0.481 e. The molecule has 2 aliphatic heterocycles. The van der Waals surface area contributed by atoms with Crippen LogP contribution in [-0.4, -0.2) is 48.5 Å². The molecule has 0 spiro atoms. The number of hydrogen-bond donors (Lipinski definition) is 1. The number of alkyl halides is 6. The number of rotatable bonds is 7. The van der Waals surface area contributed by atoms with Crippen LogP contribution in [0.1, 0.15) is 60.5 Å². The van der Waals surface area contributed by atoms with Gasteiger partial charge in [-0.15, -0.1) is 0 Å². The average Bonchev–Trinajstić information content (AvgIpc) is 2.88. The minimum absolute atomic E-state index is 0.0203. The molecule has 0 radical (unpaired) electrons. The molecular weight excluding hydrogens is 528 g/mol. The van der Waals surface area contributed by atoms with Crippen molar-refractivity contribution in [3.05, 3.63) is 70.8 Å². The number of carbonyl (C=O) groups is 1. The second-order valence-electron chi connectivity index (χ2n) is 10.3. The van der Waals surface area contributed by atoms with Crippen molar-refractivity contribution >= 4 is 5.97 Å². The Kier molecular flexibility index (Phi) is 8.92. The number of ether oxygens (including phenoxy) is 2. The van der Waals surface area contributed by atoms with E-state index >= 15 is 0 Å². The number of likely N-dealkylation sites (tertiary alicyclic amines) is 1. The van der Waals surface area contributed by atoms with Crippen molar-refractivity contribution < 1.29 is 45.7 Å². The van der Waals surface area contributed by atoms with Crippen LogP contribution >= 0.6 is 0 Å². The minimum atomic E-state index is -4.96. The van der Waals surface area contributed by atoms with Crippen LogP contribution in [-0.2, 0) is 26.6 Å². The maximum absolute atomic E-state index is 13.4. The highest BCUT2D eigenvalue weighted by Gasteiger charge is 2.40. The highest BCUT2D eigenvalue weighted by atomic mass is 19.4. The topological polar surface area (TPSA) is 59.0 Å². The molecule has 0 bridgehead atoms. The van der Waals surface area contributed by atoms with Gasteiger partial charge in [0.2, 0.25) is 0 Å². The fraction of sp³-hybridized carbons (Fsp3) is 0.536. The summed E-state index contributed by atoms with van der Waals surface area (Å²) in [6.45, 7) is 3.63. The maximum atomic E-state index is 13.4. The molecule has 0 saturated carbocycles. The third-order valence-corrected chi connectivity index (χ3v) is 7.60. The van der Waals surface area contributed by atoms with Crippen LogP contribution in [0, 0.1) is 11.8 Å². The predicted molar refractivity (Wildman–Crippen MR) is 130 cm³/mol. The quantitative estimate of drug-likeness (QED) is 0.381. The van der Waals surface area contributed by atoms with E-state index in [4.69, 9.17) is 9.47 Å². The number of nitrogens with zero attached hydrogens (tertiary/aromatic N) is 1. The van der Waals surface area contributed by atoms with Crippen LogP contribution in [0.2, 0.25) is 0 Å². The van der Waals surface area contributed by atoms with Crippen molar-refractivity contribution in [1.82, 2.24) is 4.90 Å². The van der Waals surface area contributed by atoms with Crippen molar-refractivity contribution in [2.75, 3.05) is 26.2 Å². The number of carboxylic acids is 1. The molecule has 1 N–H and O–H groups in total. The van der Waals surface area contributed by atoms with Gasteiger partial charge in [-0.05, 0) is 74.5 Å². The first-order valence-corrected chi connectivity index (χ1v) is 12.9. The van der Waals surface area contributed by atoms with E-state index in [1.165, 1.54) is 6.92 Å². The summed E-state index contributed by atoms with van der Waals surface area (Å²) in [5, 5.41) is 9.30. The molecule has 2 heterocycles. The monoisotopic (exact) mass is 559 g/mol. The van der Waals surface area contributed by atoms with E-state index in [1.807, 2.05) is 30.3 Å². The molecule has 214 valence electrons. The SMILES string of the molecule is CC(O[C@H]1OCC[C@@H](CN2CCC(C(=O)O)CC2)[C@@H]1c1ccccc1)c1cc(C(F)(F)F)cc(C(F)(F)F)c1. The molecule has 0 aliphatic carbocycles. The fourth-order valence-corrected chi connectivity index (χ4v) is 5.46. The van der Waals surface area contributed by atoms with Gasteiger partial charge in [-0.25, -0.2) is 0 Å². The lowest BCUT2D eigenvalue weighted by atomic mass is 9.81. The molecule has 1 unspecified atom stereocenters. The standard InChI is InChI=1S/C28H31F6NO4/c1-17(21-13-22(27(29,30)31)15-23(14-21)28(32,33)34)39-26-24(18-5-3-2-4-6-18)20(9-12-38-26)16-35-10-7-19(8-11-35)25(36)37/h2-6,13-15,17,19-20,24,26H,7-12,16H2,1H3,(H,36,37)/t17?,20-,24-,26+/m0/s1. The lowest BCUT2D eigenvalue weighted by Gasteiger charge is -2.42. The molecule has 2 fully saturated rings. The third kappa shape index (κ3) is 7.32. The van der Waals surface area contributed by atoms with Gasteiger partial charge in [-0.1, -0.05) is 30.3 Å². The number of halogens is 6.